The van der Waals surface area contributed by atoms with E-state index in [1.165, 1.54) is 4.52 Å². The molecule has 0 radical (unpaired) electrons. The highest BCUT2D eigenvalue weighted by Gasteiger charge is 2.18. The van der Waals surface area contributed by atoms with Gasteiger partial charge in [0, 0.05) is 11.8 Å². The maximum Gasteiger partial charge on any atom is 0.316 e. The Morgan fingerprint density at radius 3 is 3.00 bits per heavy atom. The molecule has 2 aromatic heterocycles. The van der Waals surface area contributed by atoms with Crippen molar-refractivity contribution in [2.75, 3.05) is 5.73 Å². The van der Waals surface area contributed by atoms with Gasteiger partial charge < -0.3 is 5.73 Å². The molecule has 2 heterocycles. The third-order valence-corrected chi connectivity index (χ3v) is 1.88. The third kappa shape index (κ3) is 1.06. The van der Waals surface area contributed by atoms with E-state index in [1.54, 1.807) is 19.2 Å². The number of aryl methyl sites for hydroxylation is 1. The van der Waals surface area contributed by atoms with Crippen molar-refractivity contribution in [3.63, 3.8) is 0 Å². The van der Waals surface area contributed by atoms with Crippen molar-refractivity contribution in [3.8, 4) is 0 Å². The molecule has 0 aliphatic heterocycles. The van der Waals surface area contributed by atoms with E-state index in [9.17, 15) is 10.1 Å². The Balaban J connectivity index is 2.88. The molecular weight excluding hydrogens is 186 g/mol. The van der Waals surface area contributed by atoms with Gasteiger partial charge in [0.2, 0.25) is 11.6 Å². The molecule has 0 saturated carbocycles. The van der Waals surface area contributed by atoms with Gasteiger partial charge in [0.25, 0.3) is 0 Å². The minimum absolute atomic E-state index is 0.0266. The Labute approximate surface area is 78.3 Å². The van der Waals surface area contributed by atoms with Crippen molar-refractivity contribution in [1.82, 2.24) is 14.6 Å². The van der Waals surface area contributed by atoms with Crippen molar-refractivity contribution in [1.29, 1.82) is 0 Å². The van der Waals surface area contributed by atoms with Gasteiger partial charge in [0.05, 0.1) is 4.92 Å². The van der Waals surface area contributed by atoms with Crippen LogP contribution < -0.4 is 5.73 Å². The lowest BCUT2D eigenvalue weighted by atomic mass is 10.2. The fourth-order valence-electron chi connectivity index (χ4n) is 1.27. The van der Waals surface area contributed by atoms with Crippen LogP contribution >= 0.6 is 0 Å². The number of hydrogen-bond donors (Lipinski definition) is 1. The van der Waals surface area contributed by atoms with E-state index >= 15 is 0 Å². The molecule has 2 N–H and O–H groups in total. The van der Waals surface area contributed by atoms with Crippen LogP contribution in [0.1, 0.15) is 5.56 Å². The van der Waals surface area contributed by atoms with Gasteiger partial charge in [0.1, 0.15) is 0 Å². The van der Waals surface area contributed by atoms with Crippen LogP contribution in [-0.4, -0.2) is 19.5 Å². The number of fused-ring (bicyclic) bond motifs is 1. The molecule has 0 spiro atoms. The first-order chi connectivity index (χ1) is 6.59. The van der Waals surface area contributed by atoms with Crippen molar-refractivity contribution in [2.45, 2.75) is 6.92 Å². The highest BCUT2D eigenvalue weighted by atomic mass is 16.6. The van der Waals surface area contributed by atoms with Gasteiger partial charge in [-0.2, -0.15) is 4.98 Å². The Bertz CT molecular complexity index is 518. The summed E-state index contributed by atoms with van der Waals surface area (Å²) < 4.78 is 1.29. The first-order valence-electron chi connectivity index (χ1n) is 3.85. The Kier molecular flexibility index (Phi) is 1.60. The fraction of sp³-hybridized carbons (Fsp3) is 0.143. The van der Waals surface area contributed by atoms with Gasteiger partial charge in [-0.1, -0.05) is 0 Å². The SMILES string of the molecule is Cc1ccn2nc(N)nc2c1[N+](=O)[O-]. The number of nitrogens with two attached hydrogens (primary N) is 1. The number of rotatable bonds is 1. The standard InChI is InChI=1S/C7H7N5O2/c1-4-2-3-11-6(5(4)12(13)14)9-7(8)10-11/h2-3H,1H3,(H2,8,10). The third-order valence-electron chi connectivity index (χ3n) is 1.88. The Hall–Kier alpha value is -2.18. The second-order valence-electron chi connectivity index (χ2n) is 2.84. The highest BCUT2D eigenvalue weighted by molar-refractivity contribution is 5.64. The highest BCUT2D eigenvalue weighted by Crippen LogP contribution is 2.22. The number of anilines is 1. The molecule has 0 unspecified atom stereocenters. The van der Waals surface area contributed by atoms with Crippen LogP contribution in [0.2, 0.25) is 0 Å². The number of aromatic nitrogens is 3. The quantitative estimate of drug-likeness (QED) is 0.526. The average molecular weight is 193 g/mol. The summed E-state index contributed by atoms with van der Waals surface area (Å²) in [7, 11) is 0. The summed E-state index contributed by atoms with van der Waals surface area (Å²) in [5.74, 6) is 0.0266. The number of nitrogens with zero attached hydrogens (tertiary/aromatic N) is 4. The van der Waals surface area contributed by atoms with Crippen molar-refractivity contribution < 1.29 is 4.92 Å². The molecule has 0 aliphatic carbocycles. The van der Waals surface area contributed by atoms with Crippen LogP contribution in [0.4, 0.5) is 11.6 Å². The largest absolute Gasteiger partial charge is 0.366 e. The molecule has 14 heavy (non-hydrogen) atoms. The number of nitrogen functional groups attached to an aromatic ring is 1. The molecule has 0 aromatic carbocycles. The zero-order valence-electron chi connectivity index (χ0n) is 7.34. The van der Waals surface area contributed by atoms with E-state index < -0.39 is 4.92 Å². The lowest BCUT2D eigenvalue weighted by Gasteiger charge is -1.96. The van der Waals surface area contributed by atoms with E-state index in [2.05, 4.69) is 10.1 Å². The smallest absolute Gasteiger partial charge is 0.316 e. The minimum atomic E-state index is -0.487. The van der Waals surface area contributed by atoms with Crippen LogP contribution in [0.5, 0.6) is 0 Å². The molecule has 7 nitrogen and oxygen atoms in total. The van der Waals surface area contributed by atoms with E-state index in [0.717, 1.165) is 0 Å². The van der Waals surface area contributed by atoms with Crippen LogP contribution in [-0.2, 0) is 0 Å². The molecule has 0 amide bonds. The van der Waals surface area contributed by atoms with E-state index in [-0.39, 0.29) is 17.3 Å². The molecule has 2 rings (SSSR count). The van der Waals surface area contributed by atoms with Crippen molar-refractivity contribution >= 4 is 17.3 Å². The predicted molar refractivity (Wildman–Crippen MR) is 48.8 cm³/mol. The molecule has 0 aliphatic rings. The van der Waals surface area contributed by atoms with Crippen LogP contribution in [0.3, 0.4) is 0 Å². The second kappa shape index (κ2) is 2.66. The van der Waals surface area contributed by atoms with Gasteiger partial charge >= 0.3 is 5.69 Å². The summed E-state index contributed by atoms with van der Waals surface area (Å²) in [5, 5.41) is 14.5. The molecule has 2 aromatic rings. The van der Waals surface area contributed by atoms with Gasteiger partial charge in [-0.15, -0.1) is 5.10 Å². The first-order valence-corrected chi connectivity index (χ1v) is 3.85. The molecule has 0 bridgehead atoms. The summed E-state index contributed by atoms with van der Waals surface area (Å²) >= 11 is 0. The second-order valence-corrected chi connectivity index (χ2v) is 2.84. The Morgan fingerprint density at radius 2 is 2.36 bits per heavy atom. The lowest BCUT2D eigenvalue weighted by molar-refractivity contribution is -0.384. The molecule has 7 heteroatoms. The summed E-state index contributed by atoms with van der Waals surface area (Å²) in [6.45, 7) is 1.64. The van der Waals surface area contributed by atoms with Gasteiger partial charge in [-0.05, 0) is 13.0 Å². The normalized spacial score (nSPS) is 10.6. The summed E-state index contributed by atoms with van der Waals surface area (Å²) in [6.07, 6.45) is 1.58. The number of hydrogen-bond acceptors (Lipinski definition) is 5. The van der Waals surface area contributed by atoms with Gasteiger partial charge in [-0.25, -0.2) is 4.52 Å². The minimum Gasteiger partial charge on any atom is -0.366 e. The summed E-state index contributed by atoms with van der Waals surface area (Å²) in [4.78, 5) is 14.0. The Morgan fingerprint density at radius 1 is 1.64 bits per heavy atom. The lowest BCUT2D eigenvalue weighted by Crippen LogP contribution is -1.97. The maximum atomic E-state index is 10.7. The maximum absolute atomic E-state index is 10.7. The zero-order chi connectivity index (χ0) is 10.3. The molecule has 0 atom stereocenters. The van der Waals surface area contributed by atoms with E-state index in [0.29, 0.717) is 5.56 Å². The average Bonchev–Trinajstić information content (AvgIpc) is 2.43. The first kappa shape index (κ1) is 8.42. The van der Waals surface area contributed by atoms with Crippen molar-refractivity contribution in [2.24, 2.45) is 0 Å². The van der Waals surface area contributed by atoms with E-state index in [4.69, 9.17) is 5.73 Å². The molecule has 0 saturated heterocycles. The number of pyridine rings is 1. The monoisotopic (exact) mass is 193 g/mol. The fourth-order valence-corrected chi connectivity index (χ4v) is 1.27. The van der Waals surface area contributed by atoms with Crippen LogP contribution in [0.25, 0.3) is 5.65 Å². The van der Waals surface area contributed by atoms with Gasteiger partial charge in [-0.3, -0.25) is 10.1 Å². The van der Waals surface area contributed by atoms with Crippen LogP contribution in [0.15, 0.2) is 12.3 Å². The van der Waals surface area contributed by atoms with E-state index in [1.807, 2.05) is 0 Å². The molecule has 72 valence electrons. The molecular formula is C7H7N5O2. The number of nitro groups is 1. The molecule has 0 fully saturated rings. The van der Waals surface area contributed by atoms with Crippen LogP contribution in [0, 0.1) is 17.0 Å². The summed E-state index contributed by atoms with van der Waals surface area (Å²) in [5.41, 5.74) is 6.00. The van der Waals surface area contributed by atoms with Gasteiger partial charge in [0.15, 0.2) is 0 Å². The predicted octanol–water partition coefficient (Wildman–Crippen LogP) is 0.528. The summed E-state index contributed by atoms with van der Waals surface area (Å²) in [6, 6.07) is 1.60. The van der Waals surface area contributed by atoms with Crippen molar-refractivity contribution in [3.05, 3.63) is 27.9 Å². The topological polar surface area (TPSA) is 99.3 Å². The zero-order valence-corrected chi connectivity index (χ0v) is 7.34.